The topological polar surface area (TPSA) is 81.3 Å². The van der Waals surface area contributed by atoms with Crippen LogP contribution in [0.3, 0.4) is 0 Å². The summed E-state index contributed by atoms with van der Waals surface area (Å²) in [4.78, 5) is 29.9. The lowest BCUT2D eigenvalue weighted by Crippen LogP contribution is -2.30. The van der Waals surface area contributed by atoms with Crippen molar-refractivity contribution in [2.75, 3.05) is 0 Å². The fourth-order valence-electron chi connectivity index (χ4n) is 3.50. The van der Waals surface area contributed by atoms with Crippen molar-refractivity contribution in [2.45, 2.75) is 20.8 Å². The summed E-state index contributed by atoms with van der Waals surface area (Å²) in [6.07, 6.45) is 1.58. The molecule has 1 amide bonds. The fourth-order valence-corrected chi connectivity index (χ4v) is 3.50. The van der Waals surface area contributed by atoms with Gasteiger partial charge in [0.15, 0.2) is 0 Å². The van der Waals surface area contributed by atoms with Crippen molar-refractivity contribution in [3.63, 3.8) is 0 Å². The van der Waals surface area contributed by atoms with Gasteiger partial charge in [-0.05, 0) is 51.1 Å². The largest absolute Gasteiger partial charge is 0.280 e. The maximum Gasteiger partial charge on any atom is 0.280 e. The highest BCUT2D eigenvalue weighted by atomic mass is 16.2. The Morgan fingerprint density at radius 3 is 2.47 bits per heavy atom. The number of aryl methyl sites for hydroxylation is 2. The van der Waals surface area contributed by atoms with E-state index in [1.54, 1.807) is 48.1 Å². The zero-order valence-electron chi connectivity index (χ0n) is 17.0. The molecule has 0 aliphatic heterocycles. The first-order valence-corrected chi connectivity index (χ1v) is 9.54. The SMILES string of the molecule is Cc1cc(C=NNC(=O)c2ccccc2)c(C)n1-n1c(C)nc2ccccc2c1=O. The van der Waals surface area contributed by atoms with Crippen LogP contribution in [0.15, 0.2) is 70.6 Å². The molecular weight excluding hydrogens is 378 g/mol. The van der Waals surface area contributed by atoms with Crippen LogP contribution in [-0.2, 0) is 0 Å². The van der Waals surface area contributed by atoms with Gasteiger partial charge in [0.2, 0.25) is 0 Å². The summed E-state index contributed by atoms with van der Waals surface area (Å²) in [5.74, 6) is 0.299. The molecule has 0 aliphatic rings. The molecule has 4 aromatic rings. The minimum absolute atomic E-state index is 0.138. The van der Waals surface area contributed by atoms with E-state index in [9.17, 15) is 9.59 Å². The van der Waals surface area contributed by atoms with Crippen LogP contribution in [0.25, 0.3) is 10.9 Å². The zero-order chi connectivity index (χ0) is 21.3. The van der Waals surface area contributed by atoms with Crippen LogP contribution < -0.4 is 11.0 Å². The third-order valence-corrected chi connectivity index (χ3v) is 4.96. The lowest BCUT2D eigenvalue weighted by molar-refractivity contribution is 0.0955. The third-order valence-electron chi connectivity index (χ3n) is 4.96. The lowest BCUT2D eigenvalue weighted by Gasteiger charge is -2.16. The molecule has 7 heteroatoms. The number of nitrogens with zero attached hydrogens (tertiary/aromatic N) is 4. The Kier molecular flexibility index (Phi) is 5.02. The van der Waals surface area contributed by atoms with Crippen molar-refractivity contribution >= 4 is 23.0 Å². The summed E-state index contributed by atoms with van der Waals surface area (Å²) in [7, 11) is 0. The number of amides is 1. The quantitative estimate of drug-likeness (QED) is 0.423. The van der Waals surface area contributed by atoms with Gasteiger partial charge in [0, 0.05) is 22.5 Å². The number of carbonyl (C=O) groups excluding carboxylic acids is 1. The van der Waals surface area contributed by atoms with Gasteiger partial charge in [0.1, 0.15) is 5.82 Å². The Morgan fingerprint density at radius 2 is 1.70 bits per heavy atom. The van der Waals surface area contributed by atoms with E-state index in [4.69, 9.17) is 0 Å². The maximum absolute atomic E-state index is 13.1. The van der Waals surface area contributed by atoms with Crippen LogP contribution in [0.2, 0.25) is 0 Å². The highest BCUT2D eigenvalue weighted by Gasteiger charge is 2.15. The molecule has 150 valence electrons. The second-order valence-corrected chi connectivity index (χ2v) is 7.00. The molecule has 0 saturated carbocycles. The first-order valence-electron chi connectivity index (χ1n) is 9.54. The monoisotopic (exact) mass is 399 g/mol. The van der Waals surface area contributed by atoms with Gasteiger partial charge in [-0.25, -0.2) is 10.4 Å². The molecule has 0 unspecified atom stereocenters. The zero-order valence-corrected chi connectivity index (χ0v) is 17.0. The molecule has 30 heavy (non-hydrogen) atoms. The minimum Gasteiger partial charge on any atom is -0.267 e. The molecular formula is C23H21N5O2. The lowest BCUT2D eigenvalue weighted by atomic mass is 10.2. The fraction of sp³-hybridized carbons (Fsp3) is 0.130. The van der Waals surface area contributed by atoms with E-state index < -0.39 is 0 Å². The highest BCUT2D eigenvalue weighted by molar-refractivity contribution is 5.94. The van der Waals surface area contributed by atoms with Crippen LogP contribution in [0.4, 0.5) is 0 Å². The molecule has 2 aromatic carbocycles. The van der Waals surface area contributed by atoms with E-state index in [-0.39, 0.29) is 11.5 Å². The number of para-hydroxylation sites is 1. The summed E-state index contributed by atoms with van der Waals surface area (Å²) < 4.78 is 3.38. The second-order valence-electron chi connectivity index (χ2n) is 7.00. The summed E-state index contributed by atoms with van der Waals surface area (Å²) >= 11 is 0. The van der Waals surface area contributed by atoms with Crippen LogP contribution in [-0.4, -0.2) is 26.5 Å². The van der Waals surface area contributed by atoms with E-state index >= 15 is 0 Å². The molecule has 0 spiro atoms. The number of hydrazone groups is 1. The van der Waals surface area contributed by atoms with Gasteiger partial charge >= 0.3 is 0 Å². The Labute approximate surface area is 173 Å². The molecule has 2 heterocycles. The first kappa shape index (κ1) is 19.3. The summed E-state index contributed by atoms with van der Waals surface area (Å²) in [6, 6.07) is 18.1. The number of nitrogens with one attached hydrogen (secondary N) is 1. The standard InChI is InChI=1S/C23H21N5O2/c1-15-13-19(14-24-26-22(29)18-9-5-4-6-10-18)16(2)27(15)28-17(3)25-21-12-8-7-11-20(21)23(28)30/h4-14H,1-3H3,(H,26,29). The van der Waals surface area contributed by atoms with Crippen molar-refractivity contribution in [3.8, 4) is 0 Å². The van der Waals surface area contributed by atoms with E-state index in [1.807, 2.05) is 48.9 Å². The number of rotatable bonds is 4. The second kappa shape index (κ2) is 7.79. The van der Waals surface area contributed by atoms with Gasteiger partial charge in [-0.3, -0.25) is 14.3 Å². The van der Waals surface area contributed by atoms with Crippen molar-refractivity contribution in [2.24, 2.45) is 5.10 Å². The van der Waals surface area contributed by atoms with Gasteiger partial charge in [0.05, 0.1) is 17.1 Å². The predicted octanol–water partition coefficient (Wildman–Crippen LogP) is 3.20. The molecule has 7 nitrogen and oxygen atoms in total. The Morgan fingerprint density at radius 1 is 1.00 bits per heavy atom. The molecule has 0 bridgehead atoms. The summed E-state index contributed by atoms with van der Waals surface area (Å²) in [6.45, 7) is 5.61. The van der Waals surface area contributed by atoms with E-state index in [0.717, 1.165) is 17.0 Å². The van der Waals surface area contributed by atoms with Gasteiger partial charge in [0.25, 0.3) is 11.5 Å². The normalized spacial score (nSPS) is 11.3. The van der Waals surface area contributed by atoms with Gasteiger partial charge in [-0.1, -0.05) is 30.3 Å². The summed E-state index contributed by atoms with van der Waals surface area (Å²) in [5, 5.41) is 4.64. The number of hydrogen-bond donors (Lipinski definition) is 1. The van der Waals surface area contributed by atoms with Crippen molar-refractivity contribution in [3.05, 3.63) is 99.4 Å². The number of benzene rings is 2. The van der Waals surface area contributed by atoms with E-state index in [2.05, 4.69) is 15.5 Å². The molecule has 1 N–H and O–H groups in total. The van der Waals surface area contributed by atoms with Gasteiger partial charge in [-0.2, -0.15) is 9.78 Å². The molecule has 0 aliphatic carbocycles. The number of fused-ring (bicyclic) bond motifs is 1. The molecule has 2 aromatic heterocycles. The smallest absolute Gasteiger partial charge is 0.267 e. The van der Waals surface area contributed by atoms with Crippen LogP contribution >= 0.6 is 0 Å². The first-order chi connectivity index (χ1) is 14.5. The molecule has 0 fully saturated rings. The van der Waals surface area contributed by atoms with Crippen LogP contribution in [0.1, 0.15) is 33.1 Å². The number of hydrogen-bond acceptors (Lipinski definition) is 4. The van der Waals surface area contributed by atoms with Crippen LogP contribution in [0, 0.1) is 20.8 Å². The van der Waals surface area contributed by atoms with Crippen molar-refractivity contribution in [1.29, 1.82) is 0 Å². The number of aromatic nitrogens is 3. The Bertz CT molecular complexity index is 1330. The minimum atomic E-state index is -0.286. The van der Waals surface area contributed by atoms with E-state index in [0.29, 0.717) is 22.3 Å². The molecule has 4 rings (SSSR count). The predicted molar refractivity (Wildman–Crippen MR) is 117 cm³/mol. The third kappa shape index (κ3) is 3.41. The maximum atomic E-state index is 13.1. The van der Waals surface area contributed by atoms with Gasteiger partial charge in [-0.15, -0.1) is 0 Å². The molecule has 0 atom stereocenters. The summed E-state index contributed by atoms with van der Waals surface area (Å²) in [5.41, 5.74) is 6.05. The Balaban J connectivity index is 1.69. The average molecular weight is 399 g/mol. The molecule has 0 radical (unpaired) electrons. The number of carbonyl (C=O) groups is 1. The highest BCUT2D eigenvalue weighted by Crippen LogP contribution is 2.15. The average Bonchev–Trinajstić information content (AvgIpc) is 3.02. The Hall–Kier alpha value is -4.00. The van der Waals surface area contributed by atoms with Crippen LogP contribution in [0.5, 0.6) is 0 Å². The van der Waals surface area contributed by atoms with Crippen molar-refractivity contribution in [1.82, 2.24) is 19.8 Å². The van der Waals surface area contributed by atoms with Gasteiger partial charge < -0.3 is 0 Å². The van der Waals surface area contributed by atoms with E-state index in [1.165, 1.54) is 0 Å². The molecule has 0 saturated heterocycles. The van der Waals surface area contributed by atoms with Crippen molar-refractivity contribution < 1.29 is 4.79 Å².